The molecular weight excluding hydrogens is 403 g/mol. The van der Waals surface area contributed by atoms with Crippen LogP contribution in [0.3, 0.4) is 0 Å². The molecule has 1 aromatic rings. The van der Waals surface area contributed by atoms with Gasteiger partial charge in [-0.25, -0.2) is 8.42 Å². The van der Waals surface area contributed by atoms with E-state index in [0.29, 0.717) is 6.42 Å². The van der Waals surface area contributed by atoms with E-state index in [1.54, 1.807) is 0 Å². The lowest BCUT2D eigenvalue weighted by atomic mass is 10.0. The molecule has 0 spiro atoms. The summed E-state index contributed by atoms with van der Waals surface area (Å²) >= 11 is 11.6. The zero-order chi connectivity index (χ0) is 20.1. The van der Waals surface area contributed by atoms with Crippen molar-refractivity contribution in [2.24, 2.45) is 0 Å². The van der Waals surface area contributed by atoms with Crippen LogP contribution in [0.2, 0.25) is 10.0 Å². The molecule has 10 heteroatoms. The molecule has 0 aliphatic rings. The quantitative estimate of drug-likeness (QED) is 0.624. The van der Waals surface area contributed by atoms with Crippen molar-refractivity contribution in [1.82, 2.24) is 10.0 Å². The maximum atomic E-state index is 12.3. The molecule has 1 rings (SSSR count). The first-order valence-electron chi connectivity index (χ1n) is 7.83. The first kappa shape index (κ1) is 22.7. The predicted octanol–water partition coefficient (Wildman–Crippen LogP) is 2.51. The minimum atomic E-state index is -4.01. The monoisotopic (exact) mass is 424 g/mol. The number of carbonyl (C=O) groups is 2. The number of rotatable bonds is 8. The van der Waals surface area contributed by atoms with E-state index in [4.69, 9.17) is 27.9 Å². The Kier molecular flexibility index (Phi) is 7.88. The van der Waals surface area contributed by atoms with Crippen molar-refractivity contribution >= 4 is 45.1 Å². The summed E-state index contributed by atoms with van der Waals surface area (Å²) in [7, 11) is -4.01. The normalized spacial score (nSPS) is 13.2. The second kappa shape index (κ2) is 9.03. The number of nitrogens with one attached hydrogen (secondary N) is 2. The molecule has 146 valence electrons. The molecule has 0 saturated carbocycles. The SMILES string of the molecule is CCC(C)(C)NC(=O)COC(=O)[C@H](C)NS(=O)(=O)c1ccc(Cl)c(Cl)c1. The van der Waals surface area contributed by atoms with Crippen molar-refractivity contribution in [3.63, 3.8) is 0 Å². The van der Waals surface area contributed by atoms with E-state index in [2.05, 4.69) is 10.0 Å². The van der Waals surface area contributed by atoms with Gasteiger partial charge in [0.25, 0.3) is 5.91 Å². The Bertz CT molecular complexity index is 781. The number of halogens is 2. The molecule has 2 N–H and O–H groups in total. The summed E-state index contributed by atoms with van der Waals surface area (Å²) in [6.45, 7) is 6.39. The molecule has 0 fully saturated rings. The molecule has 0 unspecified atom stereocenters. The van der Waals surface area contributed by atoms with Gasteiger partial charge in [0.2, 0.25) is 10.0 Å². The van der Waals surface area contributed by atoms with Crippen LogP contribution in [0, 0.1) is 0 Å². The number of benzene rings is 1. The number of esters is 1. The topological polar surface area (TPSA) is 102 Å². The summed E-state index contributed by atoms with van der Waals surface area (Å²) in [5, 5.41) is 2.98. The summed E-state index contributed by atoms with van der Waals surface area (Å²) in [5.41, 5.74) is -0.426. The lowest BCUT2D eigenvalue weighted by Gasteiger charge is -2.24. The highest BCUT2D eigenvalue weighted by molar-refractivity contribution is 7.89. The molecule has 26 heavy (non-hydrogen) atoms. The molecule has 0 heterocycles. The van der Waals surface area contributed by atoms with Gasteiger partial charge in [-0.1, -0.05) is 30.1 Å². The molecule has 0 saturated heterocycles. The van der Waals surface area contributed by atoms with Gasteiger partial charge in [-0.15, -0.1) is 0 Å². The van der Waals surface area contributed by atoms with Crippen LogP contribution in [0.4, 0.5) is 0 Å². The summed E-state index contributed by atoms with van der Waals surface area (Å²) in [6.07, 6.45) is 0.701. The highest BCUT2D eigenvalue weighted by Crippen LogP contribution is 2.24. The molecule has 0 bridgehead atoms. The average molecular weight is 425 g/mol. The van der Waals surface area contributed by atoms with E-state index in [1.165, 1.54) is 25.1 Å². The second-order valence-electron chi connectivity index (χ2n) is 6.31. The lowest BCUT2D eigenvalue weighted by molar-refractivity contribution is -0.150. The van der Waals surface area contributed by atoms with Crippen LogP contribution in [-0.4, -0.2) is 38.5 Å². The van der Waals surface area contributed by atoms with Gasteiger partial charge >= 0.3 is 5.97 Å². The van der Waals surface area contributed by atoms with Gasteiger partial charge in [-0.3, -0.25) is 9.59 Å². The molecular formula is C16H22Cl2N2O5S. The van der Waals surface area contributed by atoms with E-state index < -0.39 is 40.1 Å². The van der Waals surface area contributed by atoms with Crippen LogP contribution in [0.15, 0.2) is 23.1 Å². The summed E-state index contributed by atoms with van der Waals surface area (Å²) < 4.78 is 31.6. The van der Waals surface area contributed by atoms with Crippen molar-refractivity contribution in [3.05, 3.63) is 28.2 Å². The molecule has 0 aliphatic heterocycles. The fraction of sp³-hybridized carbons (Fsp3) is 0.500. The number of hydrogen-bond acceptors (Lipinski definition) is 5. The maximum absolute atomic E-state index is 12.3. The second-order valence-corrected chi connectivity index (χ2v) is 8.84. The van der Waals surface area contributed by atoms with Crippen molar-refractivity contribution < 1.29 is 22.7 Å². The smallest absolute Gasteiger partial charge is 0.324 e. The highest BCUT2D eigenvalue weighted by atomic mass is 35.5. The van der Waals surface area contributed by atoms with E-state index in [9.17, 15) is 18.0 Å². The molecule has 1 amide bonds. The number of sulfonamides is 1. The van der Waals surface area contributed by atoms with Gasteiger partial charge in [0.05, 0.1) is 14.9 Å². The fourth-order valence-corrected chi connectivity index (χ4v) is 3.34. The minimum absolute atomic E-state index is 0.0694. The molecule has 0 aliphatic carbocycles. The van der Waals surface area contributed by atoms with Gasteiger partial charge in [0.15, 0.2) is 6.61 Å². The zero-order valence-corrected chi connectivity index (χ0v) is 17.3. The summed E-state index contributed by atoms with van der Waals surface area (Å²) in [6, 6.07) is 2.57. The van der Waals surface area contributed by atoms with Gasteiger partial charge < -0.3 is 10.1 Å². The molecule has 7 nitrogen and oxygen atoms in total. The minimum Gasteiger partial charge on any atom is -0.454 e. The molecule has 1 aromatic carbocycles. The Balaban J connectivity index is 2.66. The van der Waals surface area contributed by atoms with Crippen LogP contribution in [-0.2, 0) is 24.3 Å². The van der Waals surface area contributed by atoms with Gasteiger partial charge in [-0.05, 0) is 45.4 Å². The first-order chi connectivity index (χ1) is 11.9. The standard InChI is InChI=1S/C16H22Cl2N2O5S/c1-5-16(3,4)19-14(21)9-25-15(22)10(2)20-26(23,24)11-6-7-12(17)13(18)8-11/h6-8,10,20H,5,9H2,1-4H3,(H,19,21)/t10-/m0/s1. The van der Waals surface area contributed by atoms with E-state index in [-0.39, 0.29) is 14.9 Å². The lowest BCUT2D eigenvalue weighted by Crippen LogP contribution is -2.46. The largest absolute Gasteiger partial charge is 0.454 e. The van der Waals surface area contributed by atoms with E-state index in [0.717, 1.165) is 0 Å². The Hall–Kier alpha value is -1.35. The Labute approximate surface area is 163 Å². The summed E-state index contributed by atoms with van der Waals surface area (Å²) in [4.78, 5) is 23.6. The number of ether oxygens (including phenoxy) is 1. The van der Waals surface area contributed by atoms with Gasteiger partial charge in [0, 0.05) is 5.54 Å². The van der Waals surface area contributed by atoms with Crippen molar-refractivity contribution in [1.29, 1.82) is 0 Å². The van der Waals surface area contributed by atoms with Crippen LogP contribution < -0.4 is 10.0 Å². The number of amides is 1. The predicted molar refractivity (Wildman–Crippen MR) is 99.7 cm³/mol. The zero-order valence-electron chi connectivity index (χ0n) is 14.9. The third kappa shape index (κ3) is 6.75. The molecule has 1 atom stereocenters. The number of hydrogen-bond donors (Lipinski definition) is 2. The fourth-order valence-electron chi connectivity index (χ4n) is 1.76. The first-order valence-corrected chi connectivity index (χ1v) is 10.1. The van der Waals surface area contributed by atoms with Crippen molar-refractivity contribution in [3.8, 4) is 0 Å². The van der Waals surface area contributed by atoms with Crippen molar-refractivity contribution in [2.45, 2.75) is 50.6 Å². The van der Waals surface area contributed by atoms with Crippen LogP contribution in [0.5, 0.6) is 0 Å². The van der Waals surface area contributed by atoms with Crippen LogP contribution in [0.1, 0.15) is 34.1 Å². The number of carbonyl (C=O) groups excluding carboxylic acids is 2. The van der Waals surface area contributed by atoms with Gasteiger partial charge in [-0.2, -0.15) is 4.72 Å². The van der Waals surface area contributed by atoms with E-state index in [1.807, 2.05) is 20.8 Å². The third-order valence-electron chi connectivity index (χ3n) is 3.59. The average Bonchev–Trinajstić information content (AvgIpc) is 2.54. The molecule has 0 radical (unpaired) electrons. The van der Waals surface area contributed by atoms with Crippen LogP contribution in [0.25, 0.3) is 0 Å². The Morgan fingerprint density at radius 1 is 1.23 bits per heavy atom. The maximum Gasteiger partial charge on any atom is 0.324 e. The summed E-state index contributed by atoms with van der Waals surface area (Å²) in [5.74, 6) is -1.34. The molecule has 0 aromatic heterocycles. The highest BCUT2D eigenvalue weighted by Gasteiger charge is 2.25. The van der Waals surface area contributed by atoms with Crippen LogP contribution >= 0.6 is 23.2 Å². The van der Waals surface area contributed by atoms with Crippen molar-refractivity contribution in [2.75, 3.05) is 6.61 Å². The third-order valence-corrected chi connectivity index (χ3v) is 5.87. The van der Waals surface area contributed by atoms with E-state index >= 15 is 0 Å². The van der Waals surface area contributed by atoms with Gasteiger partial charge in [0.1, 0.15) is 6.04 Å². The Morgan fingerprint density at radius 2 is 1.85 bits per heavy atom. The Morgan fingerprint density at radius 3 is 2.38 bits per heavy atom.